The first-order valence-corrected chi connectivity index (χ1v) is 7.76. The summed E-state index contributed by atoms with van der Waals surface area (Å²) >= 11 is 0. The van der Waals surface area contributed by atoms with Gasteiger partial charge in [0.25, 0.3) is 0 Å². The van der Waals surface area contributed by atoms with Gasteiger partial charge in [-0.15, -0.1) is 0 Å². The third kappa shape index (κ3) is 2.73. The summed E-state index contributed by atoms with van der Waals surface area (Å²) in [4.78, 5) is 5.09. The van der Waals surface area contributed by atoms with Crippen LogP contribution in [0.1, 0.15) is 25.7 Å². The zero-order valence-electron chi connectivity index (χ0n) is 12.1. The highest BCUT2D eigenvalue weighted by Crippen LogP contribution is 2.58. The highest BCUT2D eigenvalue weighted by Gasteiger charge is 2.53. The summed E-state index contributed by atoms with van der Waals surface area (Å²) in [5.74, 6) is 1.92. The minimum absolute atomic E-state index is 0.756. The molecule has 3 nitrogen and oxygen atoms in total. The first-order valence-electron chi connectivity index (χ1n) is 7.76. The van der Waals surface area contributed by atoms with Gasteiger partial charge in [-0.3, -0.25) is 0 Å². The van der Waals surface area contributed by atoms with E-state index in [1.54, 1.807) is 0 Å². The van der Waals surface area contributed by atoms with E-state index in [-0.39, 0.29) is 0 Å². The quantitative estimate of drug-likeness (QED) is 0.811. The molecule has 0 aromatic heterocycles. The summed E-state index contributed by atoms with van der Waals surface area (Å²) < 4.78 is 0. The van der Waals surface area contributed by atoms with Gasteiger partial charge in [0.1, 0.15) is 0 Å². The van der Waals surface area contributed by atoms with Crippen molar-refractivity contribution in [2.75, 3.05) is 53.4 Å². The Hall–Kier alpha value is -0.120. The van der Waals surface area contributed by atoms with E-state index in [1.807, 2.05) is 0 Å². The second-order valence-corrected chi connectivity index (χ2v) is 7.15. The van der Waals surface area contributed by atoms with Crippen molar-refractivity contribution in [3.63, 3.8) is 0 Å². The van der Waals surface area contributed by atoms with E-state index >= 15 is 0 Å². The van der Waals surface area contributed by atoms with Crippen molar-refractivity contribution < 1.29 is 0 Å². The molecule has 0 aromatic carbocycles. The summed E-state index contributed by atoms with van der Waals surface area (Å²) in [6, 6.07) is 0. The molecule has 1 spiro atoms. The zero-order valence-corrected chi connectivity index (χ0v) is 12.1. The Balaban J connectivity index is 1.41. The minimum Gasteiger partial charge on any atom is -0.317 e. The van der Waals surface area contributed by atoms with E-state index < -0.39 is 0 Å². The fraction of sp³-hybridized carbons (Fsp3) is 1.00. The van der Waals surface area contributed by atoms with Crippen molar-refractivity contribution in [1.29, 1.82) is 0 Å². The standard InChI is InChI=1S/C15H29N3/c1-17-8-3-13(10-17)11-18(2)12-14-9-15(14)4-6-16-7-5-15/h13-14,16H,3-12H2,1-2H3. The topological polar surface area (TPSA) is 18.5 Å². The zero-order chi connectivity index (χ0) is 12.6. The van der Waals surface area contributed by atoms with E-state index in [0.717, 1.165) is 17.3 Å². The molecule has 2 unspecified atom stereocenters. The Kier molecular flexibility index (Phi) is 3.65. The van der Waals surface area contributed by atoms with Gasteiger partial charge in [0.05, 0.1) is 0 Å². The third-order valence-corrected chi connectivity index (χ3v) is 5.55. The molecule has 2 atom stereocenters. The Morgan fingerprint density at radius 3 is 2.72 bits per heavy atom. The summed E-state index contributed by atoms with van der Waals surface area (Å²) in [6.07, 6.45) is 5.76. The fourth-order valence-corrected chi connectivity index (χ4v) is 4.29. The molecule has 3 fully saturated rings. The second-order valence-electron chi connectivity index (χ2n) is 7.15. The Morgan fingerprint density at radius 1 is 1.28 bits per heavy atom. The SMILES string of the molecule is CN1CCC(CN(C)CC2CC23CCNCC3)C1. The number of nitrogens with one attached hydrogen (secondary N) is 1. The van der Waals surface area contributed by atoms with Crippen LogP contribution in [0.4, 0.5) is 0 Å². The highest BCUT2D eigenvalue weighted by atomic mass is 15.2. The largest absolute Gasteiger partial charge is 0.317 e. The summed E-state index contributed by atoms with van der Waals surface area (Å²) in [5.41, 5.74) is 0.756. The Bertz CT molecular complexity index is 285. The average Bonchev–Trinajstić information content (AvgIpc) is 2.80. The summed E-state index contributed by atoms with van der Waals surface area (Å²) in [7, 11) is 4.59. The molecule has 2 saturated heterocycles. The van der Waals surface area contributed by atoms with Crippen LogP contribution in [0, 0.1) is 17.3 Å². The number of rotatable bonds is 4. The van der Waals surface area contributed by atoms with Gasteiger partial charge in [0.15, 0.2) is 0 Å². The van der Waals surface area contributed by atoms with Crippen molar-refractivity contribution in [1.82, 2.24) is 15.1 Å². The van der Waals surface area contributed by atoms with Crippen LogP contribution in [-0.2, 0) is 0 Å². The molecule has 0 amide bonds. The van der Waals surface area contributed by atoms with Crippen molar-refractivity contribution in [3.8, 4) is 0 Å². The molecule has 0 bridgehead atoms. The Labute approximate surface area is 112 Å². The smallest absolute Gasteiger partial charge is 0.00194 e. The van der Waals surface area contributed by atoms with Gasteiger partial charge in [-0.25, -0.2) is 0 Å². The summed E-state index contributed by atoms with van der Waals surface area (Å²) in [5, 5.41) is 3.50. The van der Waals surface area contributed by atoms with E-state index in [4.69, 9.17) is 0 Å². The molecule has 2 aliphatic heterocycles. The molecule has 3 heteroatoms. The lowest BCUT2D eigenvalue weighted by molar-refractivity contribution is 0.234. The maximum atomic E-state index is 3.50. The first-order chi connectivity index (χ1) is 8.68. The van der Waals surface area contributed by atoms with Gasteiger partial charge in [0, 0.05) is 19.6 Å². The van der Waals surface area contributed by atoms with Crippen LogP contribution in [0.3, 0.4) is 0 Å². The predicted molar refractivity (Wildman–Crippen MR) is 75.7 cm³/mol. The number of nitrogens with zero attached hydrogens (tertiary/aromatic N) is 2. The van der Waals surface area contributed by atoms with E-state index in [2.05, 4.69) is 29.2 Å². The normalized spacial score (nSPS) is 35.5. The van der Waals surface area contributed by atoms with Gasteiger partial charge < -0.3 is 15.1 Å². The van der Waals surface area contributed by atoms with Crippen LogP contribution in [0.5, 0.6) is 0 Å². The Morgan fingerprint density at radius 2 is 2.06 bits per heavy atom. The number of piperidine rings is 1. The molecule has 1 saturated carbocycles. The second kappa shape index (κ2) is 5.10. The van der Waals surface area contributed by atoms with Gasteiger partial charge >= 0.3 is 0 Å². The molecule has 18 heavy (non-hydrogen) atoms. The molecule has 2 heterocycles. The van der Waals surface area contributed by atoms with Crippen molar-refractivity contribution >= 4 is 0 Å². The molecule has 1 N–H and O–H groups in total. The molecule has 0 aromatic rings. The monoisotopic (exact) mass is 251 g/mol. The predicted octanol–water partition coefficient (Wildman–Crippen LogP) is 1.26. The maximum Gasteiger partial charge on any atom is 0.00194 e. The molecule has 3 aliphatic rings. The fourth-order valence-electron chi connectivity index (χ4n) is 4.29. The van der Waals surface area contributed by atoms with Crippen LogP contribution < -0.4 is 5.32 Å². The molecule has 1 aliphatic carbocycles. The van der Waals surface area contributed by atoms with E-state index in [1.165, 1.54) is 65.0 Å². The third-order valence-electron chi connectivity index (χ3n) is 5.55. The molecular weight excluding hydrogens is 222 g/mol. The van der Waals surface area contributed by atoms with Crippen LogP contribution in [-0.4, -0.2) is 63.2 Å². The number of hydrogen-bond acceptors (Lipinski definition) is 3. The lowest BCUT2D eigenvalue weighted by atomic mass is 9.92. The lowest BCUT2D eigenvalue weighted by Gasteiger charge is -2.26. The number of hydrogen-bond donors (Lipinski definition) is 1. The van der Waals surface area contributed by atoms with Gasteiger partial charge in [0.2, 0.25) is 0 Å². The number of likely N-dealkylation sites (tertiary alicyclic amines) is 1. The first kappa shape index (κ1) is 12.9. The minimum atomic E-state index is 0.756. The average molecular weight is 251 g/mol. The summed E-state index contributed by atoms with van der Waals surface area (Å²) in [6.45, 7) is 7.79. The van der Waals surface area contributed by atoms with Crippen LogP contribution >= 0.6 is 0 Å². The highest BCUT2D eigenvalue weighted by molar-refractivity contribution is 5.05. The van der Waals surface area contributed by atoms with Crippen LogP contribution in [0.2, 0.25) is 0 Å². The van der Waals surface area contributed by atoms with Crippen molar-refractivity contribution in [2.45, 2.75) is 25.7 Å². The van der Waals surface area contributed by atoms with Crippen molar-refractivity contribution in [2.24, 2.45) is 17.3 Å². The van der Waals surface area contributed by atoms with Crippen molar-refractivity contribution in [3.05, 3.63) is 0 Å². The van der Waals surface area contributed by atoms with Gasteiger partial charge in [-0.1, -0.05) is 0 Å². The lowest BCUT2D eigenvalue weighted by Crippen LogP contribution is -2.33. The molecule has 3 rings (SSSR count). The van der Waals surface area contributed by atoms with Gasteiger partial charge in [-0.05, 0) is 76.7 Å². The molecular formula is C15H29N3. The van der Waals surface area contributed by atoms with Crippen LogP contribution in [0.25, 0.3) is 0 Å². The molecule has 104 valence electrons. The maximum absolute atomic E-state index is 3.50. The van der Waals surface area contributed by atoms with E-state index in [0.29, 0.717) is 0 Å². The van der Waals surface area contributed by atoms with E-state index in [9.17, 15) is 0 Å². The van der Waals surface area contributed by atoms with Gasteiger partial charge in [-0.2, -0.15) is 0 Å². The van der Waals surface area contributed by atoms with Crippen LogP contribution in [0.15, 0.2) is 0 Å². The molecule has 0 radical (unpaired) electrons.